The number of aliphatic imine (C=N–C) groups is 1. The Bertz CT molecular complexity index is 953. The van der Waals surface area contributed by atoms with Crippen LogP contribution in [0.5, 0.6) is 5.75 Å². The smallest absolute Gasteiger partial charge is 0.266 e. The molecule has 28 heavy (non-hydrogen) atoms. The van der Waals surface area contributed by atoms with Crippen molar-refractivity contribution in [1.82, 2.24) is 9.47 Å². The number of phenols is 1. The zero-order chi connectivity index (χ0) is 20.6. The summed E-state index contributed by atoms with van der Waals surface area (Å²) in [5, 5.41) is 10.3. The number of hydrogen-bond acceptors (Lipinski definition) is 4. The molecule has 0 saturated carbocycles. The first-order valence-corrected chi connectivity index (χ1v) is 10.3. The van der Waals surface area contributed by atoms with Gasteiger partial charge in [-0.1, -0.05) is 0 Å². The number of hydrogen-bond donors (Lipinski definition) is 1. The molecule has 1 aromatic carbocycles. The van der Waals surface area contributed by atoms with E-state index in [-0.39, 0.29) is 23.7 Å². The molecule has 0 spiro atoms. The lowest BCUT2D eigenvalue weighted by Gasteiger charge is -2.20. The monoisotopic (exact) mass is 397 g/mol. The highest BCUT2D eigenvalue weighted by Crippen LogP contribution is 2.35. The molecule has 1 aliphatic rings. The molecule has 5 nitrogen and oxygen atoms in total. The van der Waals surface area contributed by atoms with Crippen LogP contribution < -0.4 is 0 Å². The van der Waals surface area contributed by atoms with Gasteiger partial charge in [0.05, 0.1) is 4.91 Å². The van der Waals surface area contributed by atoms with Crippen LogP contribution in [-0.4, -0.2) is 37.7 Å². The van der Waals surface area contributed by atoms with Gasteiger partial charge in [-0.05, 0) is 95.3 Å². The minimum atomic E-state index is 0.00818. The van der Waals surface area contributed by atoms with Gasteiger partial charge in [-0.25, -0.2) is 0 Å². The number of benzene rings is 1. The molecule has 148 valence electrons. The molecule has 2 heterocycles. The fourth-order valence-corrected chi connectivity index (χ4v) is 4.55. The molecule has 1 aromatic heterocycles. The highest BCUT2D eigenvalue weighted by atomic mass is 32.2. The third-order valence-electron chi connectivity index (χ3n) is 4.59. The Kier molecular flexibility index (Phi) is 5.70. The van der Waals surface area contributed by atoms with Gasteiger partial charge in [0, 0.05) is 29.2 Å². The summed E-state index contributed by atoms with van der Waals surface area (Å²) in [5.41, 5.74) is 4.11. The second kappa shape index (κ2) is 7.87. The maximum absolute atomic E-state index is 13.0. The molecule has 2 aromatic rings. The van der Waals surface area contributed by atoms with Gasteiger partial charge in [0.2, 0.25) is 0 Å². The largest absolute Gasteiger partial charge is 0.508 e. The summed E-state index contributed by atoms with van der Waals surface area (Å²) in [6.07, 6.45) is 1.96. The predicted octanol–water partition coefficient (Wildman–Crippen LogP) is 4.89. The van der Waals surface area contributed by atoms with Crippen molar-refractivity contribution in [2.45, 2.75) is 53.6 Å². The molecular weight excluding hydrogens is 370 g/mol. The van der Waals surface area contributed by atoms with E-state index >= 15 is 0 Å². The van der Waals surface area contributed by atoms with Crippen LogP contribution in [0.15, 0.2) is 40.2 Å². The maximum atomic E-state index is 13.0. The Balaban J connectivity index is 2.01. The van der Waals surface area contributed by atoms with Crippen LogP contribution in [0.3, 0.4) is 0 Å². The predicted molar refractivity (Wildman–Crippen MR) is 117 cm³/mol. The van der Waals surface area contributed by atoms with Crippen LogP contribution in [-0.2, 0) is 4.79 Å². The van der Waals surface area contributed by atoms with Gasteiger partial charge in [-0.15, -0.1) is 0 Å². The number of rotatable bonds is 4. The highest BCUT2D eigenvalue weighted by Gasteiger charge is 2.35. The minimum absolute atomic E-state index is 0.00818. The van der Waals surface area contributed by atoms with Crippen LogP contribution in [0, 0.1) is 13.8 Å². The van der Waals surface area contributed by atoms with Crippen molar-refractivity contribution in [1.29, 1.82) is 0 Å². The Morgan fingerprint density at radius 2 is 1.75 bits per heavy atom. The molecule has 0 radical (unpaired) electrons. The average Bonchev–Trinajstić information content (AvgIpc) is 3.05. The van der Waals surface area contributed by atoms with Crippen LogP contribution in [0.4, 0.5) is 0 Å². The van der Waals surface area contributed by atoms with Crippen LogP contribution in [0.2, 0.25) is 0 Å². The Morgan fingerprint density at radius 1 is 1.11 bits per heavy atom. The van der Waals surface area contributed by atoms with Crippen molar-refractivity contribution < 1.29 is 9.90 Å². The molecule has 1 saturated heterocycles. The van der Waals surface area contributed by atoms with Crippen LogP contribution >= 0.6 is 11.8 Å². The number of nitrogens with zero attached hydrogens (tertiary/aromatic N) is 3. The van der Waals surface area contributed by atoms with E-state index in [9.17, 15) is 9.90 Å². The molecule has 1 aliphatic heterocycles. The summed E-state index contributed by atoms with van der Waals surface area (Å²) in [5.74, 6) is 0.251. The summed E-state index contributed by atoms with van der Waals surface area (Å²) >= 11 is 1.45. The summed E-state index contributed by atoms with van der Waals surface area (Å²) in [6.45, 7) is 12.1. The topological polar surface area (TPSA) is 57.8 Å². The van der Waals surface area contributed by atoms with Crippen molar-refractivity contribution in [2.24, 2.45) is 4.99 Å². The molecule has 0 unspecified atom stereocenters. The lowest BCUT2D eigenvalue weighted by Crippen LogP contribution is -2.35. The fraction of sp³-hybridized carbons (Fsp3) is 0.364. The first-order valence-electron chi connectivity index (χ1n) is 9.48. The van der Waals surface area contributed by atoms with E-state index < -0.39 is 0 Å². The van der Waals surface area contributed by atoms with Gasteiger partial charge < -0.3 is 9.67 Å². The minimum Gasteiger partial charge on any atom is -0.508 e. The van der Waals surface area contributed by atoms with E-state index in [2.05, 4.69) is 15.6 Å². The second-order valence-electron chi connectivity index (χ2n) is 7.56. The number of phenolic OH excluding ortho intramolecular Hbond substituents is 1. The normalized spacial score (nSPS) is 17.7. The summed E-state index contributed by atoms with van der Waals surface area (Å²) in [7, 11) is 0. The quantitative estimate of drug-likeness (QED) is 0.748. The zero-order valence-electron chi connectivity index (χ0n) is 17.2. The lowest BCUT2D eigenvalue weighted by molar-refractivity contribution is -0.123. The van der Waals surface area contributed by atoms with Crippen molar-refractivity contribution in [3.63, 3.8) is 0 Å². The third-order valence-corrected chi connectivity index (χ3v) is 5.58. The van der Waals surface area contributed by atoms with Crippen LogP contribution in [0.25, 0.3) is 11.8 Å². The number of aromatic hydroxyl groups is 1. The molecule has 1 fully saturated rings. The summed E-state index contributed by atoms with van der Waals surface area (Å²) in [6, 6.07) is 9.41. The van der Waals surface area contributed by atoms with E-state index in [0.717, 1.165) is 27.8 Å². The molecule has 0 bridgehead atoms. The molecule has 1 N–H and O–H groups in total. The SMILES string of the molecule is Cc1cc(/C=C2/SC(=NC(C)C)N(C(C)C)C2=O)c(C)n1-c1ccc(O)cc1. The molecule has 0 aliphatic carbocycles. The van der Waals surface area contributed by atoms with Crippen molar-refractivity contribution in [2.75, 3.05) is 0 Å². The Labute approximate surface area is 170 Å². The van der Waals surface area contributed by atoms with Gasteiger partial charge in [0.25, 0.3) is 5.91 Å². The van der Waals surface area contributed by atoms with Gasteiger partial charge >= 0.3 is 0 Å². The lowest BCUT2D eigenvalue weighted by atomic mass is 10.2. The molecule has 3 rings (SSSR count). The van der Waals surface area contributed by atoms with E-state index in [1.54, 1.807) is 17.0 Å². The molecule has 6 heteroatoms. The third kappa shape index (κ3) is 3.87. The van der Waals surface area contributed by atoms with Crippen molar-refractivity contribution >= 4 is 28.9 Å². The molecule has 1 amide bonds. The zero-order valence-corrected chi connectivity index (χ0v) is 18.0. The van der Waals surface area contributed by atoms with E-state index in [1.807, 2.05) is 59.8 Å². The maximum Gasteiger partial charge on any atom is 0.266 e. The first-order chi connectivity index (χ1) is 13.2. The van der Waals surface area contributed by atoms with Gasteiger partial charge in [-0.2, -0.15) is 0 Å². The fourth-order valence-electron chi connectivity index (χ4n) is 3.33. The number of carbonyl (C=O) groups is 1. The second-order valence-corrected chi connectivity index (χ2v) is 8.57. The molecular formula is C22H27N3O2S. The number of carbonyl (C=O) groups excluding carboxylic acids is 1. The summed E-state index contributed by atoms with van der Waals surface area (Å²) in [4.78, 5) is 20.1. The van der Waals surface area contributed by atoms with Gasteiger partial charge in [0.15, 0.2) is 5.17 Å². The van der Waals surface area contributed by atoms with Crippen molar-refractivity contribution in [3.8, 4) is 11.4 Å². The number of aryl methyl sites for hydroxylation is 1. The average molecular weight is 398 g/mol. The Hall–Kier alpha value is -2.47. The first kappa shape index (κ1) is 20.3. The Morgan fingerprint density at radius 3 is 2.32 bits per heavy atom. The number of amidine groups is 1. The van der Waals surface area contributed by atoms with E-state index in [1.165, 1.54) is 11.8 Å². The van der Waals surface area contributed by atoms with Crippen LogP contribution in [0.1, 0.15) is 44.6 Å². The van der Waals surface area contributed by atoms with E-state index in [0.29, 0.717) is 4.91 Å². The summed E-state index contributed by atoms with van der Waals surface area (Å²) < 4.78 is 2.12. The number of thioether (sulfide) groups is 1. The van der Waals surface area contributed by atoms with Gasteiger partial charge in [0.1, 0.15) is 5.75 Å². The van der Waals surface area contributed by atoms with Crippen molar-refractivity contribution in [3.05, 3.63) is 52.2 Å². The standard InChI is InChI=1S/C22H27N3O2S/c1-13(2)23-22-24(14(3)4)21(27)20(28-22)12-17-11-15(5)25(16(17)6)18-7-9-19(26)10-8-18/h7-14,26H,1-6H3/b20-12+,23-22?. The molecule has 0 atom stereocenters. The number of amides is 1. The number of aromatic nitrogens is 1. The highest BCUT2D eigenvalue weighted by molar-refractivity contribution is 8.18. The van der Waals surface area contributed by atoms with Gasteiger partial charge in [-0.3, -0.25) is 14.7 Å². The van der Waals surface area contributed by atoms with E-state index in [4.69, 9.17) is 0 Å².